The van der Waals surface area contributed by atoms with Gasteiger partial charge in [0, 0.05) is 22.8 Å². The Labute approximate surface area is 97.3 Å². The van der Waals surface area contributed by atoms with Gasteiger partial charge in [-0.25, -0.2) is 0 Å². The molecule has 6 heteroatoms. The summed E-state index contributed by atoms with van der Waals surface area (Å²) in [6.45, 7) is 1.50. The maximum Gasteiger partial charge on any atom is 0.269 e. The molecule has 1 aromatic carbocycles. The Balaban J connectivity index is 2.72. The van der Waals surface area contributed by atoms with Gasteiger partial charge in [0.15, 0.2) is 0 Å². The predicted octanol–water partition coefficient (Wildman–Crippen LogP) is 1.35. The maximum absolute atomic E-state index is 10.5. The molecule has 0 amide bonds. The fraction of sp³-hybridized carbons (Fsp3) is 0.400. The molecule has 0 saturated heterocycles. The molecule has 0 aliphatic carbocycles. The van der Waals surface area contributed by atoms with E-state index in [2.05, 4.69) is 0 Å². The summed E-state index contributed by atoms with van der Waals surface area (Å²) in [5.74, 6) is 0.370. The molecule has 5 nitrogen and oxygen atoms in total. The molecule has 0 saturated carbocycles. The van der Waals surface area contributed by atoms with E-state index in [1.807, 2.05) is 0 Å². The zero-order valence-electron chi connectivity index (χ0n) is 8.79. The first-order chi connectivity index (χ1) is 7.54. The lowest BCUT2D eigenvalue weighted by molar-refractivity contribution is -0.385. The first-order valence-electron chi connectivity index (χ1n) is 4.71. The van der Waals surface area contributed by atoms with Crippen molar-refractivity contribution < 1.29 is 15.1 Å². The number of nitro groups is 1. The summed E-state index contributed by atoms with van der Waals surface area (Å²) in [6, 6.07) is 4.58. The number of nitro benzene ring substituents is 1. The number of nitrogens with zero attached hydrogens (tertiary/aromatic N) is 1. The number of aryl methyl sites for hydroxylation is 1. The molecule has 1 rings (SSSR count). The van der Waals surface area contributed by atoms with E-state index in [1.165, 1.54) is 23.9 Å². The summed E-state index contributed by atoms with van der Waals surface area (Å²) in [5, 5.41) is 28.3. The third-order valence-corrected chi connectivity index (χ3v) is 3.33. The smallest absolute Gasteiger partial charge is 0.269 e. The third kappa shape index (κ3) is 3.48. The van der Waals surface area contributed by atoms with Gasteiger partial charge in [-0.05, 0) is 18.6 Å². The zero-order chi connectivity index (χ0) is 12.1. The van der Waals surface area contributed by atoms with Gasteiger partial charge in [0.05, 0.1) is 17.6 Å². The largest absolute Gasteiger partial charge is 0.394 e. The minimum Gasteiger partial charge on any atom is -0.394 e. The summed E-state index contributed by atoms with van der Waals surface area (Å²) < 4.78 is 0. The van der Waals surface area contributed by atoms with Crippen molar-refractivity contribution in [3.63, 3.8) is 0 Å². The average Bonchev–Trinajstić information content (AvgIpc) is 2.26. The lowest BCUT2D eigenvalue weighted by Gasteiger charge is -2.08. The van der Waals surface area contributed by atoms with Crippen LogP contribution in [0, 0.1) is 17.0 Å². The number of rotatable bonds is 5. The Kier molecular flexibility index (Phi) is 4.72. The molecule has 0 heterocycles. The van der Waals surface area contributed by atoms with Crippen LogP contribution in [0.5, 0.6) is 0 Å². The van der Waals surface area contributed by atoms with Gasteiger partial charge in [-0.1, -0.05) is 0 Å². The molecular weight excluding hydrogens is 230 g/mol. The molecule has 0 spiro atoms. The minimum atomic E-state index is -0.764. The molecule has 0 radical (unpaired) electrons. The predicted molar refractivity (Wildman–Crippen MR) is 61.7 cm³/mol. The standard InChI is InChI=1S/C10H13NO4S/c1-7-4-8(11(14)15)2-3-10(7)16-6-9(13)5-12/h2-4,9,12-13H,5-6H2,1H3. The van der Waals surface area contributed by atoms with E-state index in [1.54, 1.807) is 13.0 Å². The van der Waals surface area contributed by atoms with E-state index in [4.69, 9.17) is 5.11 Å². The lowest BCUT2D eigenvalue weighted by atomic mass is 10.2. The second kappa shape index (κ2) is 5.83. The monoisotopic (exact) mass is 243 g/mol. The highest BCUT2D eigenvalue weighted by molar-refractivity contribution is 7.99. The second-order valence-corrected chi connectivity index (χ2v) is 4.42. The average molecular weight is 243 g/mol. The highest BCUT2D eigenvalue weighted by Crippen LogP contribution is 2.26. The molecular formula is C10H13NO4S. The lowest BCUT2D eigenvalue weighted by Crippen LogP contribution is -2.14. The topological polar surface area (TPSA) is 83.6 Å². The fourth-order valence-electron chi connectivity index (χ4n) is 1.15. The summed E-state index contributed by atoms with van der Waals surface area (Å²) in [5.41, 5.74) is 0.855. The van der Waals surface area contributed by atoms with Crippen LogP contribution in [0.25, 0.3) is 0 Å². The summed E-state index contributed by atoms with van der Waals surface area (Å²) in [4.78, 5) is 10.9. The summed E-state index contributed by atoms with van der Waals surface area (Å²) >= 11 is 1.37. The Morgan fingerprint density at radius 1 is 1.56 bits per heavy atom. The van der Waals surface area contributed by atoms with Crippen LogP contribution in [0.1, 0.15) is 5.56 Å². The maximum atomic E-state index is 10.5. The fourth-order valence-corrected chi connectivity index (χ4v) is 2.08. The summed E-state index contributed by atoms with van der Waals surface area (Å²) in [7, 11) is 0. The number of aliphatic hydroxyl groups is 2. The van der Waals surface area contributed by atoms with Crippen molar-refractivity contribution in [1.82, 2.24) is 0 Å². The zero-order valence-corrected chi connectivity index (χ0v) is 9.61. The van der Waals surface area contributed by atoms with Crippen LogP contribution < -0.4 is 0 Å². The van der Waals surface area contributed by atoms with Crippen LogP contribution >= 0.6 is 11.8 Å². The van der Waals surface area contributed by atoms with E-state index in [9.17, 15) is 15.2 Å². The quantitative estimate of drug-likeness (QED) is 0.463. The van der Waals surface area contributed by atoms with Crippen molar-refractivity contribution in [1.29, 1.82) is 0 Å². The van der Waals surface area contributed by atoms with Gasteiger partial charge in [0.25, 0.3) is 5.69 Å². The Morgan fingerprint density at radius 3 is 2.75 bits per heavy atom. The molecule has 0 aromatic heterocycles. The van der Waals surface area contributed by atoms with E-state index < -0.39 is 11.0 Å². The molecule has 2 N–H and O–H groups in total. The number of benzene rings is 1. The normalized spacial score (nSPS) is 12.4. The van der Waals surface area contributed by atoms with Gasteiger partial charge >= 0.3 is 0 Å². The van der Waals surface area contributed by atoms with Crippen molar-refractivity contribution in [2.24, 2.45) is 0 Å². The highest BCUT2D eigenvalue weighted by Gasteiger charge is 2.09. The van der Waals surface area contributed by atoms with Crippen LogP contribution in [0.3, 0.4) is 0 Å². The molecule has 1 atom stereocenters. The van der Waals surface area contributed by atoms with Crippen LogP contribution in [0.15, 0.2) is 23.1 Å². The first-order valence-corrected chi connectivity index (χ1v) is 5.70. The number of hydrogen-bond donors (Lipinski definition) is 2. The van der Waals surface area contributed by atoms with E-state index >= 15 is 0 Å². The van der Waals surface area contributed by atoms with Crippen LogP contribution in [-0.2, 0) is 0 Å². The van der Waals surface area contributed by atoms with Crippen molar-refractivity contribution in [3.05, 3.63) is 33.9 Å². The van der Waals surface area contributed by atoms with E-state index in [0.29, 0.717) is 5.75 Å². The minimum absolute atomic E-state index is 0.0598. The molecule has 1 aromatic rings. The van der Waals surface area contributed by atoms with Crippen molar-refractivity contribution in [3.8, 4) is 0 Å². The molecule has 88 valence electrons. The Bertz CT molecular complexity index is 383. The van der Waals surface area contributed by atoms with Crippen molar-refractivity contribution in [2.45, 2.75) is 17.9 Å². The van der Waals surface area contributed by atoms with Gasteiger partial charge in [-0.15, -0.1) is 11.8 Å². The number of hydrogen-bond acceptors (Lipinski definition) is 5. The summed E-state index contributed by atoms with van der Waals surface area (Å²) in [6.07, 6.45) is -0.764. The molecule has 16 heavy (non-hydrogen) atoms. The molecule has 0 aliphatic rings. The van der Waals surface area contributed by atoms with Gasteiger partial charge in [0.1, 0.15) is 0 Å². The van der Waals surface area contributed by atoms with Gasteiger partial charge < -0.3 is 10.2 Å². The SMILES string of the molecule is Cc1cc([N+](=O)[O-])ccc1SCC(O)CO. The molecule has 0 fully saturated rings. The van der Waals surface area contributed by atoms with E-state index in [-0.39, 0.29) is 12.3 Å². The first kappa shape index (κ1) is 13.0. The molecule has 0 aliphatic heterocycles. The van der Waals surface area contributed by atoms with Crippen molar-refractivity contribution >= 4 is 17.4 Å². The molecule has 1 unspecified atom stereocenters. The van der Waals surface area contributed by atoms with Gasteiger partial charge in [-0.2, -0.15) is 0 Å². The highest BCUT2D eigenvalue weighted by atomic mass is 32.2. The second-order valence-electron chi connectivity index (χ2n) is 3.35. The van der Waals surface area contributed by atoms with Crippen molar-refractivity contribution in [2.75, 3.05) is 12.4 Å². The van der Waals surface area contributed by atoms with Gasteiger partial charge in [0.2, 0.25) is 0 Å². The molecule has 0 bridgehead atoms. The third-order valence-electron chi connectivity index (χ3n) is 2.01. The number of non-ortho nitro benzene ring substituents is 1. The van der Waals surface area contributed by atoms with E-state index in [0.717, 1.165) is 10.5 Å². The van der Waals surface area contributed by atoms with Crippen LogP contribution in [0.2, 0.25) is 0 Å². The number of aliphatic hydroxyl groups excluding tert-OH is 2. The van der Waals surface area contributed by atoms with Gasteiger partial charge in [-0.3, -0.25) is 10.1 Å². The van der Waals surface area contributed by atoms with Crippen LogP contribution in [0.4, 0.5) is 5.69 Å². The van der Waals surface area contributed by atoms with Crippen LogP contribution in [-0.4, -0.2) is 33.6 Å². The Hall–Kier alpha value is -1.11. The Morgan fingerprint density at radius 2 is 2.25 bits per heavy atom. The number of thioether (sulfide) groups is 1.